The molecule has 5 rings (SSSR count). The van der Waals surface area contributed by atoms with E-state index in [9.17, 15) is 9.59 Å². The minimum atomic E-state index is -0.447. The molecule has 1 saturated heterocycles. The first-order valence-corrected chi connectivity index (χ1v) is 12.6. The van der Waals surface area contributed by atoms with Crippen molar-refractivity contribution in [3.05, 3.63) is 118 Å². The van der Waals surface area contributed by atoms with Gasteiger partial charge in [0.1, 0.15) is 12.4 Å². The predicted molar refractivity (Wildman–Crippen MR) is 149 cm³/mol. The third kappa shape index (κ3) is 5.28. The Bertz CT molecular complexity index is 1500. The first-order chi connectivity index (χ1) is 17.5. The fourth-order valence-electron chi connectivity index (χ4n) is 3.72. The molecule has 178 valence electrons. The molecule has 5 nitrogen and oxygen atoms in total. The van der Waals surface area contributed by atoms with Crippen molar-refractivity contribution in [2.24, 2.45) is 0 Å². The van der Waals surface area contributed by atoms with E-state index >= 15 is 0 Å². The van der Waals surface area contributed by atoms with Crippen LogP contribution in [0, 0.1) is 0 Å². The molecular formula is C28H19ClN2O3S2. The lowest BCUT2D eigenvalue weighted by Crippen LogP contribution is -2.44. The van der Waals surface area contributed by atoms with Gasteiger partial charge < -0.3 is 4.74 Å². The van der Waals surface area contributed by atoms with E-state index in [1.807, 2.05) is 42.5 Å². The van der Waals surface area contributed by atoms with Gasteiger partial charge in [0.15, 0.2) is 4.32 Å². The summed E-state index contributed by atoms with van der Waals surface area (Å²) in [6.07, 6.45) is 1.74. The van der Waals surface area contributed by atoms with Crippen LogP contribution in [0.3, 0.4) is 0 Å². The Morgan fingerprint density at radius 1 is 0.972 bits per heavy atom. The molecule has 0 aliphatic carbocycles. The number of nitrogens with one attached hydrogen (secondary N) is 1. The summed E-state index contributed by atoms with van der Waals surface area (Å²) in [6.45, 7) is 0.451. The topological polar surface area (TPSA) is 58.6 Å². The molecule has 4 aromatic rings. The van der Waals surface area contributed by atoms with Crippen LogP contribution in [0.15, 0.2) is 95.9 Å². The number of hydrazine groups is 1. The third-order valence-electron chi connectivity index (χ3n) is 5.57. The summed E-state index contributed by atoms with van der Waals surface area (Å²) in [4.78, 5) is 25.8. The first kappa shape index (κ1) is 24.1. The molecule has 0 atom stereocenters. The molecule has 0 bridgehead atoms. The quantitative estimate of drug-likeness (QED) is 0.224. The van der Waals surface area contributed by atoms with Crippen LogP contribution in [0.2, 0.25) is 5.02 Å². The number of nitrogens with zero attached hydrogens (tertiary/aromatic N) is 1. The number of rotatable bonds is 6. The van der Waals surface area contributed by atoms with Crippen molar-refractivity contribution in [3.8, 4) is 5.75 Å². The fraction of sp³-hybridized carbons (Fsp3) is 0.0357. The molecule has 0 aromatic heterocycles. The van der Waals surface area contributed by atoms with Crippen LogP contribution in [0.4, 0.5) is 0 Å². The lowest BCUT2D eigenvalue weighted by molar-refractivity contribution is -0.123. The van der Waals surface area contributed by atoms with E-state index in [1.165, 1.54) is 10.8 Å². The summed E-state index contributed by atoms with van der Waals surface area (Å²) >= 11 is 12.3. The van der Waals surface area contributed by atoms with Gasteiger partial charge >= 0.3 is 0 Å². The van der Waals surface area contributed by atoms with Crippen molar-refractivity contribution in [2.75, 3.05) is 0 Å². The van der Waals surface area contributed by atoms with E-state index < -0.39 is 5.91 Å². The Labute approximate surface area is 222 Å². The summed E-state index contributed by atoms with van der Waals surface area (Å²) in [5.41, 5.74) is 4.86. The fourth-order valence-corrected chi connectivity index (χ4v) is 5.03. The zero-order valence-corrected chi connectivity index (χ0v) is 21.2. The molecule has 36 heavy (non-hydrogen) atoms. The van der Waals surface area contributed by atoms with Crippen molar-refractivity contribution in [3.63, 3.8) is 0 Å². The highest BCUT2D eigenvalue weighted by Crippen LogP contribution is 2.32. The zero-order valence-electron chi connectivity index (χ0n) is 18.8. The number of halogens is 1. The number of hydrogen-bond acceptors (Lipinski definition) is 5. The molecule has 1 aliphatic rings. The minimum Gasteiger partial charge on any atom is -0.489 e. The summed E-state index contributed by atoms with van der Waals surface area (Å²) in [6, 6.07) is 28.2. The van der Waals surface area contributed by atoms with Crippen molar-refractivity contribution in [1.29, 1.82) is 0 Å². The largest absolute Gasteiger partial charge is 0.489 e. The van der Waals surface area contributed by atoms with Crippen molar-refractivity contribution < 1.29 is 14.3 Å². The number of thiocarbonyl (C=S) groups is 1. The Morgan fingerprint density at radius 3 is 2.47 bits per heavy atom. The molecular weight excluding hydrogens is 512 g/mol. The van der Waals surface area contributed by atoms with E-state index in [4.69, 9.17) is 28.6 Å². The third-order valence-corrected chi connectivity index (χ3v) is 7.12. The summed E-state index contributed by atoms with van der Waals surface area (Å²) in [5, 5.41) is 3.95. The molecule has 1 fully saturated rings. The molecule has 0 unspecified atom stereocenters. The SMILES string of the molecule is O=C(NN1C(=O)/C(=C\c2ccc(OCc3cccc4ccccc34)cc2)SC1=S)c1ccc(Cl)cc1. The maximum Gasteiger partial charge on any atom is 0.285 e. The maximum atomic E-state index is 12.9. The van der Waals surface area contributed by atoms with Gasteiger partial charge in [-0.15, -0.1) is 0 Å². The highest BCUT2D eigenvalue weighted by molar-refractivity contribution is 8.26. The minimum absolute atomic E-state index is 0.253. The van der Waals surface area contributed by atoms with E-state index in [2.05, 4.69) is 29.7 Å². The average molecular weight is 531 g/mol. The molecule has 4 aromatic carbocycles. The molecule has 8 heteroatoms. The van der Waals surface area contributed by atoms with E-state index in [-0.39, 0.29) is 10.2 Å². The Kier molecular flexibility index (Phi) is 7.04. The number of benzene rings is 4. The lowest BCUT2D eigenvalue weighted by Gasteiger charge is -2.15. The van der Waals surface area contributed by atoms with Crippen LogP contribution < -0.4 is 10.2 Å². The van der Waals surface area contributed by atoms with Crippen LogP contribution in [0.1, 0.15) is 21.5 Å². The van der Waals surface area contributed by atoms with Gasteiger partial charge in [0, 0.05) is 10.6 Å². The van der Waals surface area contributed by atoms with Gasteiger partial charge in [0.25, 0.3) is 11.8 Å². The molecule has 0 radical (unpaired) electrons. The highest BCUT2D eigenvalue weighted by atomic mass is 35.5. The van der Waals surface area contributed by atoms with Crippen molar-refractivity contribution in [1.82, 2.24) is 10.4 Å². The van der Waals surface area contributed by atoms with Crippen molar-refractivity contribution in [2.45, 2.75) is 6.61 Å². The van der Waals surface area contributed by atoms with Crippen LogP contribution in [0.5, 0.6) is 5.75 Å². The number of carbonyl (C=O) groups is 2. The number of fused-ring (bicyclic) bond motifs is 1. The number of ether oxygens (including phenoxy) is 1. The van der Waals surface area contributed by atoms with Crippen LogP contribution >= 0.6 is 35.6 Å². The predicted octanol–water partition coefficient (Wildman–Crippen LogP) is 6.62. The van der Waals surface area contributed by atoms with Crippen LogP contribution in [-0.4, -0.2) is 21.1 Å². The molecule has 0 spiro atoms. The number of carbonyl (C=O) groups excluding carboxylic acids is 2. The normalized spacial score (nSPS) is 14.5. The standard InChI is InChI=1S/C28H19ClN2O3S2/c29-22-12-10-20(11-13-22)26(32)30-31-27(33)25(36-28(31)35)16-18-8-14-23(15-9-18)34-17-21-6-3-5-19-4-1-2-7-24(19)21/h1-16H,17H2,(H,30,32)/b25-16+. The van der Waals surface area contributed by atoms with Gasteiger partial charge in [-0.25, -0.2) is 0 Å². The average Bonchev–Trinajstić information content (AvgIpc) is 3.15. The first-order valence-electron chi connectivity index (χ1n) is 11.0. The summed E-state index contributed by atoms with van der Waals surface area (Å²) in [5.74, 6) is -0.108. The molecule has 2 amide bonds. The second-order valence-corrected chi connectivity index (χ2v) is 10.1. The van der Waals surface area contributed by atoms with Gasteiger partial charge in [-0.05, 0) is 76.6 Å². The van der Waals surface area contributed by atoms with Gasteiger partial charge in [-0.1, -0.05) is 78.0 Å². The second kappa shape index (κ2) is 10.5. The van der Waals surface area contributed by atoms with Crippen LogP contribution in [0.25, 0.3) is 16.8 Å². The second-order valence-electron chi connectivity index (χ2n) is 7.96. The number of hydrogen-bond donors (Lipinski definition) is 1. The number of amides is 2. The van der Waals surface area contributed by atoms with Gasteiger partial charge in [-0.2, -0.15) is 5.01 Å². The van der Waals surface area contributed by atoms with Crippen LogP contribution in [-0.2, 0) is 11.4 Å². The zero-order chi connectivity index (χ0) is 25.1. The van der Waals surface area contributed by atoms with E-state index in [1.54, 1.807) is 30.3 Å². The van der Waals surface area contributed by atoms with Gasteiger partial charge in [0.2, 0.25) is 0 Å². The van der Waals surface area contributed by atoms with Gasteiger partial charge in [0.05, 0.1) is 4.91 Å². The summed E-state index contributed by atoms with van der Waals surface area (Å²) < 4.78 is 6.25. The lowest BCUT2D eigenvalue weighted by atomic mass is 10.1. The van der Waals surface area contributed by atoms with Gasteiger partial charge in [-0.3, -0.25) is 15.0 Å². The molecule has 1 aliphatic heterocycles. The highest BCUT2D eigenvalue weighted by Gasteiger charge is 2.33. The Balaban J connectivity index is 1.23. The summed E-state index contributed by atoms with van der Waals surface area (Å²) in [7, 11) is 0. The monoisotopic (exact) mass is 530 g/mol. The van der Waals surface area contributed by atoms with E-state index in [0.29, 0.717) is 22.1 Å². The number of thioether (sulfide) groups is 1. The smallest absolute Gasteiger partial charge is 0.285 e. The molecule has 0 saturated carbocycles. The molecule has 1 N–H and O–H groups in total. The Hall–Kier alpha value is -3.65. The maximum absolute atomic E-state index is 12.9. The van der Waals surface area contributed by atoms with Crippen molar-refractivity contribution >= 4 is 68.6 Å². The van der Waals surface area contributed by atoms with E-state index in [0.717, 1.165) is 33.6 Å². The molecule has 1 heterocycles. The Morgan fingerprint density at radius 2 is 1.69 bits per heavy atom.